The van der Waals surface area contributed by atoms with Crippen molar-refractivity contribution in [3.8, 4) is 5.75 Å². The number of hydrogen-bond donors (Lipinski definition) is 0. The van der Waals surface area contributed by atoms with E-state index < -0.39 is 5.54 Å². The number of nitrogens with zero attached hydrogens (tertiary/aromatic N) is 1. The maximum Gasteiger partial charge on any atom is 0.235 e. The number of rotatable bonds is 3. The number of ether oxygens (including phenoxy) is 1. The van der Waals surface area contributed by atoms with Gasteiger partial charge in [0, 0.05) is 9.86 Å². The summed E-state index contributed by atoms with van der Waals surface area (Å²) >= 11 is 3.60. The molecule has 1 aliphatic rings. The Morgan fingerprint density at radius 1 is 1.53 bits per heavy atom. The van der Waals surface area contributed by atoms with Crippen molar-refractivity contribution in [1.82, 2.24) is 0 Å². The first-order valence-corrected chi connectivity index (χ1v) is 6.84. The van der Waals surface area contributed by atoms with Gasteiger partial charge in [-0.15, -0.1) is 0 Å². The van der Waals surface area contributed by atoms with Crippen molar-refractivity contribution in [2.45, 2.75) is 24.8 Å². The summed E-state index contributed by atoms with van der Waals surface area (Å²) in [5.41, 5.74) is 1.20. The van der Waals surface area contributed by atoms with Crippen LogP contribution in [0.4, 0.5) is 0 Å². The number of methoxy groups -OCH3 is 1. The van der Waals surface area contributed by atoms with Crippen LogP contribution < -0.4 is 4.74 Å². The van der Waals surface area contributed by atoms with E-state index in [1.165, 1.54) is 0 Å². The average molecular weight is 322 g/mol. The summed E-state index contributed by atoms with van der Waals surface area (Å²) in [5, 5.41) is 0.932. The summed E-state index contributed by atoms with van der Waals surface area (Å²) in [6.45, 7) is 0. The maximum atomic E-state index is 10.7. The summed E-state index contributed by atoms with van der Waals surface area (Å²) in [6.07, 6.45) is 6.10. The molecule has 1 aromatic heterocycles. The Morgan fingerprint density at radius 2 is 2.32 bits per heavy atom. The molecular formula is C14H12BrNO3. The molecule has 1 fully saturated rings. The van der Waals surface area contributed by atoms with Crippen LogP contribution >= 0.6 is 15.9 Å². The zero-order valence-electron chi connectivity index (χ0n) is 10.4. The minimum atomic E-state index is -0.459. The Bertz CT molecular complexity index is 681. The molecule has 5 heteroatoms. The molecule has 1 heterocycles. The van der Waals surface area contributed by atoms with Crippen LogP contribution in [0.2, 0.25) is 0 Å². The molecule has 0 bridgehead atoms. The van der Waals surface area contributed by atoms with E-state index in [0.29, 0.717) is 11.3 Å². The van der Waals surface area contributed by atoms with Crippen LogP contribution in [0.25, 0.3) is 11.0 Å². The lowest BCUT2D eigenvalue weighted by atomic mass is 9.72. The summed E-state index contributed by atoms with van der Waals surface area (Å²) in [7, 11) is 1.60. The molecule has 0 spiro atoms. The molecule has 0 amide bonds. The lowest BCUT2D eigenvalue weighted by Gasteiger charge is -2.38. The Labute approximate surface area is 118 Å². The molecule has 0 N–H and O–H groups in total. The molecule has 0 atom stereocenters. The number of fused-ring (bicyclic) bond motifs is 1. The highest BCUT2D eigenvalue weighted by molar-refractivity contribution is 9.10. The summed E-state index contributed by atoms with van der Waals surface area (Å²) in [5.74, 6) is 0.658. The van der Waals surface area contributed by atoms with Gasteiger partial charge in [-0.25, -0.2) is 4.79 Å². The molecule has 2 aromatic rings. The Balaban J connectivity index is 2.29. The van der Waals surface area contributed by atoms with Crippen LogP contribution in [0.15, 0.2) is 32.3 Å². The van der Waals surface area contributed by atoms with Gasteiger partial charge in [-0.2, -0.15) is 4.99 Å². The summed E-state index contributed by atoms with van der Waals surface area (Å²) in [6, 6.07) is 3.78. The van der Waals surface area contributed by atoms with Crippen molar-refractivity contribution in [3.05, 3.63) is 28.4 Å². The van der Waals surface area contributed by atoms with Crippen molar-refractivity contribution in [2.75, 3.05) is 7.11 Å². The molecule has 1 saturated carbocycles. The van der Waals surface area contributed by atoms with Crippen LogP contribution in [-0.2, 0) is 10.3 Å². The molecule has 0 aliphatic heterocycles. The van der Waals surface area contributed by atoms with Crippen molar-refractivity contribution < 1.29 is 13.9 Å². The van der Waals surface area contributed by atoms with Crippen LogP contribution in [0.3, 0.4) is 0 Å². The quantitative estimate of drug-likeness (QED) is 0.636. The van der Waals surface area contributed by atoms with Crippen molar-refractivity contribution in [3.63, 3.8) is 0 Å². The summed E-state index contributed by atoms with van der Waals surface area (Å²) < 4.78 is 11.7. The third-order valence-electron chi connectivity index (χ3n) is 3.80. The van der Waals surface area contributed by atoms with Gasteiger partial charge in [0.2, 0.25) is 6.08 Å². The smallest absolute Gasteiger partial charge is 0.235 e. The lowest BCUT2D eigenvalue weighted by molar-refractivity contribution is 0.254. The molecule has 4 nitrogen and oxygen atoms in total. The zero-order valence-corrected chi connectivity index (χ0v) is 12.0. The fourth-order valence-corrected chi connectivity index (χ4v) is 3.40. The number of carbonyl (C=O) groups excluding carboxylic acids is 1. The van der Waals surface area contributed by atoms with Crippen molar-refractivity contribution >= 4 is 33.0 Å². The number of benzene rings is 1. The number of hydrogen-bond acceptors (Lipinski definition) is 4. The highest BCUT2D eigenvalue weighted by atomic mass is 79.9. The predicted molar refractivity (Wildman–Crippen MR) is 74.1 cm³/mol. The first-order valence-electron chi connectivity index (χ1n) is 6.05. The summed E-state index contributed by atoms with van der Waals surface area (Å²) in [4.78, 5) is 14.7. The fourth-order valence-electron chi connectivity index (χ4n) is 2.61. The first-order chi connectivity index (χ1) is 9.22. The van der Waals surface area contributed by atoms with E-state index in [9.17, 15) is 4.79 Å². The number of halogens is 1. The average Bonchev–Trinajstić information content (AvgIpc) is 2.85. The van der Waals surface area contributed by atoms with Crippen LogP contribution in [0, 0.1) is 0 Å². The predicted octanol–water partition coefficient (Wildman–Crippen LogP) is 3.92. The van der Waals surface area contributed by atoms with Gasteiger partial charge < -0.3 is 9.15 Å². The monoisotopic (exact) mass is 321 g/mol. The molecule has 19 heavy (non-hydrogen) atoms. The van der Waals surface area contributed by atoms with Gasteiger partial charge >= 0.3 is 0 Å². The standard InChI is InChI=1S/C14H12BrNO3/c1-18-11-7-10(14(16-8-17)4-2-5-14)12(15)9-3-6-19-13(9)11/h3,6-7H,2,4-5H2,1H3. The van der Waals surface area contributed by atoms with E-state index in [1.54, 1.807) is 19.5 Å². The molecular weight excluding hydrogens is 310 g/mol. The van der Waals surface area contributed by atoms with Gasteiger partial charge in [-0.3, -0.25) is 0 Å². The van der Waals surface area contributed by atoms with Gasteiger partial charge in [0.25, 0.3) is 0 Å². The van der Waals surface area contributed by atoms with E-state index in [2.05, 4.69) is 20.9 Å². The third-order valence-corrected chi connectivity index (χ3v) is 4.65. The minimum Gasteiger partial charge on any atom is -0.493 e. The van der Waals surface area contributed by atoms with Crippen LogP contribution in [-0.4, -0.2) is 13.2 Å². The van der Waals surface area contributed by atoms with E-state index in [4.69, 9.17) is 9.15 Å². The second kappa shape index (κ2) is 4.51. The van der Waals surface area contributed by atoms with Gasteiger partial charge in [0.05, 0.1) is 18.9 Å². The van der Waals surface area contributed by atoms with E-state index in [1.807, 2.05) is 12.1 Å². The maximum absolute atomic E-state index is 10.7. The van der Waals surface area contributed by atoms with E-state index >= 15 is 0 Å². The highest BCUT2D eigenvalue weighted by Gasteiger charge is 2.41. The van der Waals surface area contributed by atoms with Crippen molar-refractivity contribution in [1.29, 1.82) is 0 Å². The zero-order chi connectivity index (χ0) is 13.5. The largest absolute Gasteiger partial charge is 0.493 e. The van der Waals surface area contributed by atoms with E-state index in [-0.39, 0.29) is 0 Å². The first kappa shape index (κ1) is 12.5. The van der Waals surface area contributed by atoms with Crippen molar-refractivity contribution in [2.24, 2.45) is 4.99 Å². The van der Waals surface area contributed by atoms with Gasteiger partial charge in [-0.1, -0.05) is 0 Å². The molecule has 0 radical (unpaired) electrons. The van der Waals surface area contributed by atoms with Gasteiger partial charge in [0.1, 0.15) is 0 Å². The fraction of sp³-hybridized carbons (Fsp3) is 0.357. The number of furan rings is 1. The number of isocyanates is 1. The normalized spacial score (nSPS) is 16.7. The molecule has 98 valence electrons. The molecule has 3 rings (SSSR count). The second-order valence-electron chi connectivity index (χ2n) is 4.69. The Kier molecular flexibility index (Phi) is 2.96. The second-order valence-corrected chi connectivity index (χ2v) is 5.48. The molecule has 1 aromatic carbocycles. The van der Waals surface area contributed by atoms with E-state index in [0.717, 1.165) is 34.7 Å². The topological polar surface area (TPSA) is 51.8 Å². The van der Waals surface area contributed by atoms with Crippen LogP contribution in [0.1, 0.15) is 24.8 Å². The molecule has 1 aliphatic carbocycles. The minimum absolute atomic E-state index is 0.459. The van der Waals surface area contributed by atoms with Crippen LogP contribution in [0.5, 0.6) is 5.75 Å². The lowest BCUT2D eigenvalue weighted by Crippen LogP contribution is -2.32. The highest BCUT2D eigenvalue weighted by Crippen LogP contribution is 2.50. The van der Waals surface area contributed by atoms with Gasteiger partial charge in [-0.05, 0) is 52.9 Å². The SMILES string of the molecule is COc1cc(C2(N=C=O)CCC2)c(Br)c2ccoc12. The third kappa shape index (κ3) is 1.73. The Hall–Kier alpha value is -1.58. The molecule has 0 saturated heterocycles. The van der Waals surface area contributed by atoms with Gasteiger partial charge in [0.15, 0.2) is 11.3 Å². The molecule has 0 unspecified atom stereocenters. The number of aliphatic imine (C=N–C) groups is 1. The Morgan fingerprint density at radius 3 is 2.89 bits per heavy atom.